The third-order valence-corrected chi connectivity index (χ3v) is 3.59. The second-order valence-corrected chi connectivity index (χ2v) is 6.06. The molecular formula is C15H22BrNO3. The second kappa shape index (κ2) is 8.39. The van der Waals surface area contributed by atoms with Gasteiger partial charge in [-0.3, -0.25) is 4.79 Å². The monoisotopic (exact) mass is 343 g/mol. The molecule has 4 nitrogen and oxygen atoms in total. The number of ether oxygens (including phenoxy) is 1. The van der Waals surface area contributed by atoms with Gasteiger partial charge in [0.2, 0.25) is 5.91 Å². The number of carbonyl (C=O) groups is 1. The van der Waals surface area contributed by atoms with Crippen molar-refractivity contribution < 1.29 is 14.6 Å². The van der Waals surface area contributed by atoms with E-state index in [4.69, 9.17) is 9.84 Å². The first-order chi connectivity index (χ1) is 9.49. The molecule has 0 bridgehead atoms. The third-order valence-electron chi connectivity index (χ3n) is 3.10. The van der Waals surface area contributed by atoms with Crippen molar-refractivity contribution in [1.29, 1.82) is 0 Å². The van der Waals surface area contributed by atoms with Crippen molar-refractivity contribution in [2.75, 3.05) is 20.3 Å². The molecule has 20 heavy (non-hydrogen) atoms. The van der Waals surface area contributed by atoms with E-state index in [0.717, 1.165) is 10.0 Å². The lowest BCUT2D eigenvalue weighted by molar-refractivity contribution is -0.123. The van der Waals surface area contributed by atoms with Crippen molar-refractivity contribution in [2.45, 2.75) is 31.7 Å². The summed E-state index contributed by atoms with van der Waals surface area (Å²) in [6, 6.07) is 7.92. The number of nitrogens with one attached hydrogen (secondary N) is 1. The number of benzene rings is 1. The Morgan fingerprint density at radius 1 is 1.50 bits per heavy atom. The minimum Gasteiger partial charge on any atom is -0.396 e. The van der Waals surface area contributed by atoms with E-state index in [-0.39, 0.29) is 12.5 Å². The van der Waals surface area contributed by atoms with Gasteiger partial charge in [0, 0.05) is 24.6 Å². The molecule has 1 aromatic rings. The van der Waals surface area contributed by atoms with Gasteiger partial charge in [0.25, 0.3) is 0 Å². The average Bonchev–Trinajstić information content (AvgIpc) is 2.37. The normalized spacial score (nSPS) is 13.8. The number of halogens is 1. The number of aliphatic hydroxyl groups excluding tert-OH is 1. The van der Waals surface area contributed by atoms with E-state index >= 15 is 0 Å². The standard InChI is InChI=1S/C15H22BrNO3/c1-15(8-9-18,11-20-2)17-14(19)7-6-12-4-3-5-13(16)10-12/h3-5,10,18H,6-9,11H2,1-2H3,(H,17,19). The molecule has 0 heterocycles. The van der Waals surface area contributed by atoms with Gasteiger partial charge in [0.1, 0.15) is 0 Å². The highest BCUT2D eigenvalue weighted by Gasteiger charge is 2.25. The predicted octanol–water partition coefficient (Wildman–Crippen LogP) is 2.29. The summed E-state index contributed by atoms with van der Waals surface area (Å²) < 4.78 is 6.12. The summed E-state index contributed by atoms with van der Waals surface area (Å²) in [5.74, 6) is -0.0297. The summed E-state index contributed by atoms with van der Waals surface area (Å²) in [4.78, 5) is 12.0. The van der Waals surface area contributed by atoms with Gasteiger partial charge in [-0.05, 0) is 37.5 Å². The predicted molar refractivity (Wildman–Crippen MR) is 82.6 cm³/mol. The lowest BCUT2D eigenvalue weighted by Gasteiger charge is -2.29. The maximum Gasteiger partial charge on any atom is 0.220 e. The first-order valence-corrected chi connectivity index (χ1v) is 7.43. The van der Waals surface area contributed by atoms with Crippen LogP contribution in [0.5, 0.6) is 0 Å². The van der Waals surface area contributed by atoms with E-state index in [9.17, 15) is 4.79 Å². The van der Waals surface area contributed by atoms with Gasteiger partial charge in [-0.2, -0.15) is 0 Å². The van der Waals surface area contributed by atoms with Crippen LogP contribution in [0.2, 0.25) is 0 Å². The number of rotatable bonds is 8. The summed E-state index contributed by atoms with van der Waals surface area (Å²) >= 11 is 3.41. The number of aliphatic hydroxyl groups is 1. The lowest BCUT2D eigenvalue weighted by Crippen LogP contribution is -2.50. The molecule has 2 N–H and O–H groups in total. The topological polar surface area (TPSA) is 58.6 Å². The molecular weight excluding hydrogens is 322 g/mol. The van der Waals surface area contributed by atoms with Crippen LogP contribution in [-0.2, 0) is 16.0 Å². The van der Waals surface area contributed by atoms with Gasteiger partial charge in [-0.15, -0.1) is 0 Å². The van der Waals surface area contributed by atoms with Crippen LogP contribution in [0, 0.1) is 0 Å². The molecule has 0 saturated heterocycles. The van der Waals surface area contributed by atoms with Gasteiger partial charge in [0.15, 0.2) is 0 Å². The molecule has 1 atom stereocenters. The maximum atomic E-state index is 12.0. The van der Waals surface area contributed by atoms with Crippen LogP contribution in [0.1, 0.15) is 25.3 Å². The lowest BCUT2D eigenvalue weighted by atomic mass is 9.98. The number of carbonyl (C=O) groups excluding carboxylic acids is 1. The Labute approximate surface area is 128 Å². The SMILES string of the molecule is COCC(C)(CCO)NC(=O)CCc1cccc(Br)c1. The largest absolute Gasteiger partial charge is 0.396 e. The van der Waals surface area contributed by atoms with Crippen molar-refractivity contribution in [2.24, 2.45) is 0 Å². The molecule has 0 aliphatic heterocycles. The number of aryl methyl sites for hydroxylation is 1. The van der Waals surface area contributed by atoms with Gasteiger partial charge >= 0.3 is 0 Å². The van der Waals surface area contributed by atoms with Crippen molar-refractivity contribution in [3.05, 3.63) is 34.3 Å². The van der Waals surface area contributed by atoms with Crippen molar-refractivity contribution in [1.82, 2.24) is 5.32 Å². The summed E-state index contributed by atoms with van der Waals surface area (Å²) in [6.07, 6.45) is 1.58. The van der Waals surface area contributed by atoms with Crippen molar-refractivity contribution in [3.63, 3.8) is 0 Å². The highest BCUT2D eigenvalue weighted by atomic mass is 79.9. The van der Waals surface area contributed by atoms with E-state index in [2.05, 4.69) is 21.2 Å². The molecule has 0 aliphatic carbocycles. The average molecular weight is 344 g/mol. The van der Waals surface area contributed by atoms with Crippen LogP contribution in [0.15, 0.2) is 28.7 Å². The van der Waals surface area contributed by atoms with E-state index in [1.54, 1.807) is 7.11 Å². The first kappa shape index (κ1) is 17.1. The Bertz CT molecular complexity index is 431. The Balaban J connectivity index is 2.49. The molecule has 1 rings (SSSR count). The molecule has 0 spiro atoms. The van der Waals surface area contributed by atoms with E-state index in [0.29, 0.717) is 25.9 Å². The second-order valence-electron chi connectivity index (χ2n) is 5.15. The van der Waals surface area contributed by atoms with Gasteiger partial charge < -0.3 is 15.2 Å². The zero-order chi connectivity index (χ0) is 15.0. The summed E-state index contributed by atoms with van der Waals surface area (Å²) in [6.45, 7) is 2.28. The molecule has 112 valence electrons. The Kier molecular flexibility index (Phi) is 7.19. The summed E-state index contributed by atoms with van der Waals surface area (Å²) in [5.41, 5.74) is 0.600. The quantitative estimate of drug-likeness (QED) is 0.761. The maximum absolute atomic E-state index is 12.0. The van der Waals surface area contributed by atoms with Gasteiger partial charge in [-0.25, -0.2) is 0 Å². The Morgan fingerprint density at radius 3 is 2.85 bits per heavy atom. The summed E-state index contributed by atoms with van der Waals surface area (Å²) in [5, 5.41) is 12.0. The molecule has 1 unspecified atom stereocenters. The zero-order valence-electron chi connectivity index (χ0n) is 12.0. The van der Waals surface area contributed by atoms with Gasteiger partial charge in [0.05, 0.1) is 12.1 Å². The van der Waals surface area contributed by atoms with Crippen LogP contribution >= 0.6 is 15.9 Å². The minimum atomic E-state index is -0.516. The molecule has 0 aromatic heterocycles. The third kappa shape index (κ3) is 6.03. The smallest absolute Gasteiger partial charge is 0.220 e. The molecule has 0 aliphatic rings. The zero-order valence-corrected chi connectivity index (χ0v) is 13.6. The van der Waals surface area contributed by atoms with Crippen LogP contribution < -0.4 is 5.32 Å². The van der Waals surface area contributed by atoms with Crippen LogP contribution in [0.25, 0.3) is 0 Å². The molecule has 0 saturated carbocycles. The molecule has 0 radical (unpaired) electrons. The van der Waals surface area contributed by atoms with Crippen LogP contribution in [0.3, 0.4) is 0 Å². The minimum absolute atomic E-state index is 0.0196. The van der Waals surface area contributed by atoms with Crippen molar-refractivity contribution >= 4 is 21.8 Å². The molecule has 1 aromatic carbocycles. The summed E-state index contributed by atoms with van der Waals surface area (Å²) in [7, 11) is 1.59. The molecule has 5 heteroatoms. The molecule has 1 amide bonds. The molecule has 0 fully saturated rings. The number of hydrogen-bond acceptors (Lipinski definition) is 3. The highest BCUT2D eigenvalue weighted by molar-refractivity contribution is 9.10. The highest BCUT2D eigenvalue weighted by Crippen LogP contribution is 2.14. The fourth-order valence-electron chi connectivity index (χ4n) is 2.09. The first-order valence-electron chi connectivity index (χ1n) is 6.64. The van der Waals surface area contributed by atoms with E-state index < -0.39 is 5.54 Å². The Hall–Kier alpha value is -0.910. The van der Waals surface area contributed by atoms with Gasteiger partial charge in [-0.1, -0.05) is 28.1 Å². The van der Waals surface area contributed by atoms with Crippen LogP contribution in [-0.4, -0.2) is 36.9 Å². The number of amides is 1. The fraction of sp³-hybridized carbons (Fsp3) is 0.533. The van der Waals surface area contributed by atoms with E-state index in [1.165, 1.54) is 0 Å². The fourth-order valence-corrected chi connectivity index (χ4v) is 2.53. The van der Waals surface area contributed by atoms with Crippen LogP contribution in [0.4, 0.5) is 0 Å². The van der Waals surface area contributed by atoms with Crippen molar-refractivity contribution in [3.8, 4) is 0 Å². The number of methoxy groups -OCH3 is 1. The van der Waals surface area contributed by atoms with E-state index in [1.807, 2.05) is 31.2 Å². The Morgan fingerprint density at radius 2 is 2.25 bits per heavy atom. The number of hydrogen-bond donors (Lipinski definition) is 2.